The van der Waals surface area contributed by atoms with Gasteiger partial charge in [-0.2, -0.15) is 0 Å². The highest BCUT2D eigenvalue weighted by molar-refractivity contribution is 5.49. The maximum absolute atomic E-state index is 8.94. The highest BCUT2D eigenvalue weighted by atomic mass is 16.3. The van der Waals surface area contributed by atoms with Gasteiger partial charge in [-0.15, -0.1) is 0 Å². The Kier molecular flexibility index (Phi) is 4.36. The normalized spacial score (nSPS) is 14.6. The van der Waals surface area contributed by atoms with Crippen LogP contribution in [0.2, 0.25) is 0 Å². The monoisotopic (exact) mass is 250 g/mol. The van der Waals surface area contributed by atoms with Crippen LogP contribution in [0.4, 0.5) is 11.6 Å². The standard InChI is InChI=1S/C13H22N4O/c1-3-17(7-4-8-18)12-9-11(14-2)15-13(16-12)10-5-6-10/h9-10,18H,3-8H2,1-2H3,(H,14,15,16). The number of anilines is 2. The zero-order valence-corrected chi connectivity index (χ0v) is 11.2. The van der Waals surface area contributed by atoms with Gasteiger partial charge in [-0.3, -0.25) is 0 Å². The lowest BCUT2D eigenvalue weighted by molar-refractivity contribution is 0.289. The SMILES string of the molecule is CCN(CCCO)c1cc(NC)nc(C2CC2)n1. The second kappa shape index (κ2) is 6.00. The minimum absolute atomic E-state index is 0.218. The van der Waals surface area contributed by atoms with Crippen LogP contribution in [0.3, 0.4) is 0 Å². The molecule has 1 heterocycles. The fourth-order valence-electron chi connectivity index (χ4n) is 1.96. The molecule has 0 radical (unpaired) electrons. The van der Waals surface area contributed by atoms with Crippen molar-refractivity contribution in [2.45, 2.75) is 32.1 Å². The Hall–Kier alpha value is -1.36. The lowest BCUT2D eigenvalue weighted by atomic mass is 10.3. The average Bonchev–Trinajstić information content (AvgIpc) is 3.23. The third-order valence-electron chi connectivity index (χ3n) is 3.22. The Labute approximate surface area is 108 Å². The summed E-state index contributed by atoms with van der Waals surface area (Å²) in [5.41, 5.74) is 0. The van der Waals surface area contributed by atoms with E-state index in [2.05, 4.69) is 27.1 Å². The Morgan fingerprint density at radius 2 is 2.22 bits per heavy atom. The summed E-state index contributed by atoms with van der Waals surface area (Å²) in [7, 11) is 1.88. The molecule has 2 rings (SSSR count). The third kappa shape index (κ3) is 3.10. The van der Waals surface area contributed by atoms with Crippen LogP contribution in [0.1, 0.15) is 37.9 Å². The predicted molar refractivity (Wildman–Crippen MR) is 73.1 cm³/mol. The van der Waals surface area contributed by atoms with Crippen molar-refractivity contribution in [1.29, 1.82) is 0 Å². The van der Waals surface area contributed by atoms with Gasteiger partial charge in [0.25, 0.3) is 0 Å². The first-order chi connectivity index (χ1) is 8.78. The van der Waals surface area contributed by atoms with Gasteiger partial charge < -0.3 is 15.3 Å². The third-order valence-corrected chi connectivity index (χ3v) is 3.22. The van der Waals surface area contributed by atoms with Gasteiger partial charge >= 0.3 is 0 Å². The molecule has 0 aliphatic heterocycles. The van der Waals surface area contributed by atoms with Gasteiger partial charge in [0.2, 0.25) is 0 Å². The van der Waals surface area contributed by atoms with Gasteiger partial charge in [0.1, 0.15) is 17.5 Å². The Morgan fingerprint density at radius 3 is 2.78 bits per heavy atom. The van der Waals surface area contributed by atoms with Crippen molar-refractivity contribution in [2.75, 3.05) is 37.0 Å². The van der Waals surface area contributed by atoms with E-state index in [0.29, 0.717) is 5.92 Å². The van der Waals surface area contributed by atoms with Crippen LogP contribution in [0.15, 0.2) is 6.07 Å². The molecule has 1 aromatic heterocycles. The molecule has 0 spiro atoms. The summed E-state index contributed by atoms with van der Waals surface area (Å²) >= 11 is 0. The minimum Gasteiger partial charge on any atom is -0.396 e. The fraction of sp³-hybridized carbons (Fsp3) is 0.692. The first kappa shape index (κ1) is 13.1. The van der Waals surface area contributed by atoms with Gasteiger partial charge in [0.05, 0.1) is 0 Å². The maximum atomic E-state index is 8.94. The molecular weight excluding hydrogens is 228 g/mol. The number of aliphatic hydroxyl groups is 1. The van der Waals surface area contributed by atoms with Crippen LogP contribution in [0.5, 0.6) is 0 Å². The topological polar surface area (TPSA) is 61.3 Å². The molecule has 100 valence electrons. The molecule has 18 heavy (non-hydrogen) atoms. The molecule has 1 saturated carbocycles. The van der Waals surface area contributed by atoms with E-state index < -0.39 is 0 Å². The summed E-state index contributed by atoms with van der Waals surface area (Å²) in [6, 6.07) is 1.98. The molecule has 1 fully saturated rings. The Balaban J connectivity index is 2.20. The lowest BCUT2D eigenvalue weighted by Crippen LogP contribution is -2.26. The van der Waals surface area contributed by atoms with Crippen molar-refractivity contribution < 1.29 is 5.11 Å². The summed E-state index contributed by atoms with van der Waals surface area (Å²) < 4.78 is 0. The number of hydrogen-bond donors (Lipinski definition) is 2. The molecule has 0 unspecified atom stereocenters. The van der Waals surface area contributed by atoms with E-state index >= 15 is 0 Å². The van der Waals surface area contributed by atoms with Crippen molar-refractivity contribution in [3.8, 4) is 0 Å². The van der Waals surface area contributed by atoms with Crippen molar-refractivity contribution in [1.82, 2.24) is 9.97 Å². The fourth-order valence-corrected chi connectivity index (χ4v) is 1.96. The number of rotatable bonds is 7. The van der Waals surface area contributed by atoms with Gasteiger partial charge in [-0.05, 0) is 26.2 Å². The van der Waals surface area contributed by atoms with Gasteiger partial charge in [-0.25, -0.2) is 9.97 Å². The number of nitrogens with one attached hydrogen (secondary N) is 1. The largest absolute Gasteiger partial charge is 0.396 e. The van der Waals surface area contributed by atoms with Gasteiger partial charge in [0, 0.05) is 38.7 Å². The van der Waals surface area contributed by atoms with Gasteiger partial charge in [-0.1, -0.05) is 0 Å². The van der Waals surface area contributed by atoms with Crippen LogP contribution in [0.25, 0.3) is 0 Å². The van der Waals surface area contributed by atoms with E-state index in [4.69, 9.17) is 5.11 Å². The second-order valence-electron chi connectivity index (χ2n) is 4.65. The molecule has 1 aliphatic rings. The highest BCUT2D eigenvalue weighted by Crippen LogP contribution is 2.39. The minimum atomic E-state index is 0.218. The van der Waals surface area contributed by atoms with E-state index in [9.17, 15) is 0 Å². The molecule has 0 bridgehead atoms. The number of hydrogen-bond acceptors (Lipinski definition) is 5. The molecule has 1 aromatic rings. The highest BCUT2D eigenvalue weighted by Gasteiger charge is 2.27. The molecule has 0 aromatic carbocycles. The lowest BCUT2D eigenvalue weighted by Gasteiger charge is -2.22. The summed E-state index contributed by atoms with van der Waals surface area (Å²) in [5, 5.41) is 12.0. The summed E-state index contributed by atoms with van der Waals surface area (Å²) in [6.07, 6.45) is 3.18. The number of nitrogens with zero attached hydrogens (tertiary/aromatic N) is 3. The van der Waals surface area contributed by atoms with Crippen LogP contribution in [-0.2, 0) is 0 Å². The van der Waals surface area contributed by atoms with Crippen molar-refractivity contribution >= 4 is 11.6 Å². The predicted octanol–water partition coefficient (Wildman–Crippen LogP) is 1.60. The van der Waals surface area contributed by atoms with Gasteiger partial charge in [0.15, 0.2) is 0 Å². The van der Waals surface area contributed by atoms with E-state index in [-0.39, 0.29) is 6.61 Å². The molecule has 5 nitrogen and oxygen atoms in total. The summed E-state index contributed by atoms with van der Waals surface area (Å²) in [6.45, 7) is 4.05. The van der Waals surface area contributed by atoms with Crippen molar-refractivity contribution in [3.63, 3.8) is 0 Å². The maximum Gasteiger partial charge on any atom is 0.136 e. The van der Waals surface area contributed by atoms with E-state index in [1.54, 1.807) is 0 Å². The number of aromatic nitrogens is 2. The van der Waals surface area contributed by atoms with Crippen LogP contribution in [-0.4, -0.2) is 41.8 Å². The summed E-state index contributed by atoms with van der Waals surface area (Å²) in [4.78, 5) is 11.4. The Bertz CT molecular complexity index is 393. The van der Waals surface area contributed by atoms with Crippen LogP contribution >= 0.6 is 0 Å². The van der Waals surface area contributed by atoms with E-state index in [0.717, 1.165) is 37.0 Å². The summed E-state index contributed by atoms with van der Waals surface area (Å²) in [5.74, 6) is 3.35. The van der Waals surface area contributed by atoms with Crippen LogP contribution in [0, 0.1) is 0 Å². The van der Waals surface area contributed by atoms with E-state index in [1.165, 1.54) is 12.8 Å². The molecule has 1 aliphatic carbocycles. The quantitative estimate of drug-likeness (QED) is 0.769. The first-order valence-corrected chi connectivity index (χ1v) is 6.71. The molecule has 0 amide bonds. The zero-order chi connectivity index (χ0) is 13.0. The molecule has 5 heteroatoms. The second-order valence-corrected chi connectivity index (χ2v) is 4.65. The van der Waals surface area contributed by atoms with Crippen molar-refractivity contribution in [3.05, 3.63) is 11.9 Å². The Morgan fingerprint density at radius 1 is 1.44 bits per heavy atom. The molecule has 2 N–H and O–H groups in total. The molecule has 0 atom stereocenters. The first-order valence-electron chi connectivity index (χ1n) is 6.71. The van der Waals surface area contributed by atoms with E-state index in [1.807, 2.05) is 13.1 Å². The molecule has 0 saturated heterocycles. The molecular formula is C13H22N4O. The van der Waals surface area contributed by atoms with Crippen LogP contribution < -0.4 is 10.2 Å². The number of aliphatic hydroxyl groups excluding tert-OH is 1. The van der Waals surface area contributed by atoms with Crippen molar-refractivity contribution in [2.24, 2.45) is 0 Å². The zero-order valence-electron chi connectivity index (χ0n) is 11.2. The smallest absolute Gasteiger partial charge is 0.136 e. The average molecular weight is 250 g/mol.